The number of rotatable bonds is 8. The molecule has 4 nitrogen and oxygen atoms in total. The lowest BCUT2D eigenvalue weighted by atomic mass is 10.1. The van der Waals surface area contributed by atoms with Gasteiger partial charge in [-0.05, 0) is 43.4 Å². The predicted octanol–water partition coefficient (Wildman–Crippen LogP) is 2.03. The summed E-state index contributed by atoms with van der Waals surface area (Å²) in [6.45, 7) is 2.47. The second kappa shape index (κ2) is 8.48. The van der Waals surface area contributed by atoms with Crippen molar-refractivity contribution in [1.82, 2.24) is 15.6 Å². The molecule has 1 atom stereocenters. The third kappa shape index (κ3) is 5.53. The lowest BCUT2D eigenvalue weighted by molar-refractivity contribution is -0.121. The third-order valence-electron chi connectivity index (χ3n) is 3.46. The minimum absolute atomic E-state index is 0.175. The third-order valence-corrected chi connectivity index (χ3v) is 3.46. The molecule has 0 radical (unpaired) electrons. The maximum Gasteiger partial charge on any atom is 0.220 e. The van der Waals surface area contributed by atoms with Gasteiger partial charge in [0.25, 0.3) is 0 Å². The van der Waals surface area contributed by atoms with Crippen LogP contribution in [-0.4, -0.2) is 24.0 Å². The Kier molecular flexibility index (Phi) is 6.24. The molecule has 0 saturated heterocycles. The summed E-state index contributed by atoms with van der Waals surface area (Å²) in [6, 6.07) is 3.99. The van der Waals surface area contributed by atoms with E-state index < -0.39 is 0 Å². The van der Waals surface area contributed by atoms with Crippen LogP contribution in [0.15, 0.2) is 36.7 Å². The van der Waals surface area contributed by atoms with E-state index in [4.69, 9.17) is 0 Å². The van der Waals surface area contributed by atoms with Gasteiger partial charge >= 0.3 is 0 Å². The van der Waals surface area contributed by atoms with Crippen molar-refractivity contribution in [1.29, 1.82) is 0 Å². The van der Waals surface area contributed by atoms with Crippen molar-refractivity contribution in [3.05, 3.63) is 42.2 Å². The van der Waals surface area contributed by atoms with Crippen molar-refractivity contribution in [3.63, 3.8) is 0 Å². The van der Waals surface area contributed by atoms with E-state index in [2.05, 4.69) is 33.8 Å². The Balaban J connectivity index is 1.47. The van der Waals surface area contributed by atoms with E-state index in [1.165, 1.54) is 5.56 Å². The van der Waals surface area contributed by atoms with E-state index in [-0.39, 0.29) is 5.91 Å². The average molecular weight is 273 g/mol. The van der Waals surface area contributed by atoms with Crippen molar-refractivity contribution in [3.8, 4) is 0 Å². The summed E-state index contributed by atoms with van der Waals surface area (Å²) in [7, 11) is 0. The molecule has 0 aliphatic heterocycles. The zero-order chi connectivity index (χ0) is 14.0. The molecule has 0 aromatic carbocycles. The average Bonchev–Trinajstić information content (AvgIpc) is 2.96. The number of hydrogen-bond acceptors (Lipinski definition) is 3. The van der Waals surface area contributed by atoms with Crippen molar-refractivity contribution < 1.29 is 4.79 Å². The highest BCUT2D eigenvalue weighted by molar-refractivity contribution is 5.76. The minimum atomic E-state index is 0.175. The van der Waals surface area contributed by atoms with Crippen LogP contribution in [0.5, 0.6) is 0 Å². The Labute approximate surface area is 120 Å². The van der Waals surface area contributed by atoms with Gasteiger partial charge in [-0.3, -0.25) is 9.78 Å². The number of carbonyl (C=O) groups excluding carboxylic acids is 1. The fourth-order valence-corrected chi connectivity index (χ4v) is 2.35. The van der Waals surface area contributed by atoms with Crippen LogP contribution in [-0.2, 0) is 11.3 Å². The maximum atomic E-state index is 11.7. The number of hydrogen-bond donors (Lipinski definition) is 2. The van der Waals surface area contributed by atoms with Crippen LogP contribution in [0.2, 0.25) is 0 Å². The molecule has 0 bridgehead atoms. The van der Waals surface area contributed by atoms with Gasteiger partial charge in [-0.1, -0.05) is 18.2 Å². The molecule has 20 heavy (non-hydrogen) atoms. The SMILES string of the molecule is O=C(CC1C=CCC1)NCCCNCc1cccnc1. The fraction of sp³-hybridized carbons (Fsp3) is 0.500. The predicted molar refractivity (Wildman–Crippen MR) is 80.1 cm³/mol. The molecule has 4 heteroatoms. The number of nitrogens with zero attached hydrogens (tertiary/aromatic N) is 1. The van der Waals surface area contributed by atoms with Crippen molar-refractivity contribution >= 4 is 5.91 Å². The molecule has 1 heterocycles. The van der Waals surface area contributed by atoms with Gasteiger partial charge in [-0.25, -0.2) is 0 Å². The quantitative estimate of drug-likeness (QED) is 0.563. The van der Waals surface area contributed by atoms with Gasteiger partial charge in [0.2, 0.25) is 5.91 Å². The Morgan fingerprint density at radius 1 is 1.40 bits per heavy atom. The fourth-order valence-electron chi connectivity index (χ4n) is 2.35. The highest BCUT2D eigenvalue weighted by Gasteiger charge is 2.13. The second-order valence-corrected chi connectivity index (χ2v) is 5.21. The van der Waals surface area contributed by atoms with Crippen LogP contribution in [0.25, 0.3) is 0 Å². The summed E-state index contributed by atoms with van der Waals surface area (Å²) in [6.07, 6.45) is 11.8. The van der Waals surface area contributed by atoms with E-state index in [0.717, 1.165) is 38.9 Å². The number of allylic oxidation sites excluding steroid dienone is 2. The normalized spacial score (nSPS) is 17.3. The second-order valence-electron chi connectivity index (χ2n) is 5.21. The summed E-state index contributed by atoms with van der Waals surface area (Å²) in [4.78, 5) is 15.7. The molecule has 0 spiro atoms. The summed E-state index contributed by atoms with van der Waals surface area (Å²) < 4.78 is 0. The molecule has 108 valence electrons. The van der Waals surface area contributed by atoms with E-state index >= 15 is 0 Å². The van der Waals surface area contributed by atoms with Crippen LogP contribution in [0.3, 0.4) is 0 Å². The largest absolute Gasteiger partial charge is 0.356 e. The van der Waals surface area contributed by atoms with Gasteiger partial charge in [0, 0.05) is 31.9 Å². The zero-order valence-corrected chi connectivity index (χ0v) is 11.8. The van der Waals surface area contributed by atoms with Gasteiger partial charge in [-0.15, -0.1) is 0 Å². The first kappa shape index (κ1) is 14.7. The van der Waals surface area contributed by atoms with E-state index in [1.54, 1.807) is 6.20 Å². The lowest BCUT2D eigenvalue weighted by Crippen LogP contribution is -2.28. The number of carbonyl (C=O) groups is 1. The Bertz CT molecular complexity index is 431. The topological polar surface area (TPSA) is 54.0 Å². The molecule has 0 saturated carbocycles. The van der Waals surface area contributed by atoms with Gasteiger partial charge < -0.3 is 10.6 Å². The first-order valence-electron chi connectivity index (χ1n) is 7.37. The van der Waals surface area contributed by atoms with Gasteiger partial charge in [-0.2, -0.15) is 0 Å². The molecular weight excluding hydrogens is 250 g/mol. The highest BCUT2D eigenvalue weighted by Crippen LogP contribution is 2.19. The van der Waals surface area contributed by atoms with E-state index in [9.17, 15) is 4.79 Å². The van der Waals surface area contributed by atoms with E-state index in [1.807, 2.05) is 12.3 Å². The van der Waals surface area contributed by atoms with Crippen LogP contribution < -0.4 is 10.6 Å². The first-order chi connectivity index (χ1) is 9.84. The molecule has 1 aliphatic carbocycles. The summed E-state index contributed by atoms with van der Waals surface area (Å²) in [5.41, 5.74) is 1.18. The summed E-state index contributed by atoms with van der Waals surface area (Å²) in [5.74, 6) is 0.632. The molecular formula is C16H23N3O. The smallest absolute Gasteiger partial charge is 0.220 e. The lowest BCUT2D eigenvalue weighted by Gasteiger charge is -2.09. The maximum absolute atomic E-state index is 11.7. The van der Waals surface area contributed by atoms with Crippen LogP contribution in [0.1, 0.15) is 31.2 Å². The molecule has 1 amide bonds. The molecule has 0 fully saturated rings. The molecule has 2 N–H and O–H groups in total. The Morgan fingerprint density at radius 3 is 3.10 bits per heavy atom. The zero-order valence-electron chi connectivity index (χ0n) is 11.8. The monoisotopic (exact) mass is 273 g/mol. The Morgan fingerprint density at radius 2 is 2.35 bits per heavy atom. The summed E-state index contributed by atoms with van der Waals surface area (Å²) >= 11 is 0. The van der Waals surface area contributed by atoms with E-state index in [0.29, 0.717) is 12.3 Å². The van der Waals surface area contributed by atoms with Gasteiger partial charge in [0.1, 0.15) is 0 Å². The van der Waals surface area contributed by atoms with Crippen LogP contribution in [0, 0.1) is 5.92 Å². The molecule has 1 aromatic rings. The van der Waals surface area contributed by atoms with Crippen molar-refractivity contribution in [2.24, 2.45) is 5.92 Å². The van der Waals surface area contributed by atoms with Crippen molar-refractivity contribution in [2.45, 2.75) is 32.2 Å². The van der Waals surface area contributed by atoms with Crippen LogP contribution in [0.4, 0.5) is 0 Å². The van der Waals surface area contributed by atoms with Crippen molar-refractivity contribution in [2.75, 3.05) is 13.1 Å². The highest BCUT2D eigenvalue weighted by atomic mass is 16.1. The number of nitrogens with one attached hydrogen (secondary N) is 2. The van der Waals surface area contributed by atoms with Gasteiger partial charge in [0.05, 0.1) is 0 Å². The molecule has 2 rings (SSSR count). The molecule has 1 aromatic heterocycles. The van der Waals surface area contributed by atoms with Gasteiger partial charge in [0.15, 0.2) is 0 Å². The first-order valence-corrected chi connectivity index (χ1v) is 7.37. The minimum Gasteiger partial charge on any atom is -0.356 e. The van der Waals surface area contributed by atoms with Crippen LogP contribution >= 0.6 is 0 Å². The molecule has 1 aliphatic rings. The number of amides is 1. The number of aromatic nitrogens is 1. The summed E-state index contributed by atoms with van der Waals surface area (Å²) in [5, 5.41) is 6.33. The standard InChI is InChI=1S/C16H23N3O/c20-16(11-14-5-1-2-6-14)19-10-4-9-18-13-15-7-3-8-17-12-15/h1,3,5,7-8,12,14,18H,2,4,6,9-11,13H2,(H,19,20). The molecule has 1 unspecified atom stereocenters. The Hall–Kier alpha value is -1.68. The number of pyridine rings is 1.